The summed E-state index contributed by atoms with van der Waals surface area (Å²) in [6, 6.07) is 5.38. The molecule has 2 N–H and O–H groups in total. The molecule has 1 aromatic rings. The first-order valence-corrected chi connectivity index (χ1v) is 7.73. The van der Waals surface area contributed by atoms with Crippen LogP contribution in [0.25, 0.3) is 0 Å². The van der Waals surface area contributed by atoms with Gasteiger partial charge in [0.1, 0.15) is 0 Å². The second kappa shape index (κ2) is 7.40. The minimum Gasteiger partial charge on any atom is -0.393 e. The molecule has 0 radical (unpaired) electrons. The van der Waals surface area contributed by atoms with E-state index in [-0.39, 0.29) is 11.9 Å². The van der Waals surface area contributed by atoms with Crippen molar-refractivity contribution < 1.29 is 4.79 Å². The Bertz CT molecular complexity index is 494. The van der Waals surface area contributed by atoms with Crippen molar-refractivity contribution in [1.29, 1.82) is 0 Å². The van der Waals surface area contributed by atoms with Crippen LogP contribution >= 0.6 is 46.4 Å². The number of hydrogen-bond acceptors (Lipinski definition) is 2. The molecular weight excluding hydrogens is 395 g/mol. The van der Waals surface area contributed by atoms with E-state index in [9.17, 15) is 4.79 Å². The van der Waals surface area contributed by atoms with Crippen molar-refractivity contribution in [3.63, 3.8) is 0 Å². The minimum atomic E-state index is -0.0434. The molecule has 19 heavy (non-hydrogen) atoms. The van der Waals surface area contributed by atoms with E-state index in [1.54, 1.807) is 17.0 Å². The third-order valence-corrected chi connectivity index (χ3v) is 4.02. The van der Waals surface area contributed by atoms with Gasteiger partial charge < -0.3 is 10.6 Å². The summed E-state index contributed by atoms with van der Waals surface area (Å²) >= 11 is 13.0. The van der Waals surface area contributed by atoms with Gasteiger partial charge in [-0.2, -0.15) is 0 Å². The molecule has 104 valence electrons. The maximum Gasteiger partial charge on any atom is 0.255 e. The van der Waals surface area contributed by atoms with Crippen molar-refractivity contribution in [2.24, 2.45) is 5.73 Å². The molecular formula is C13H16ClIN2OS. The zero-order valence-corrected chi connectivity index (χ0v) is 14.6. The van der Waals surface area contributed by atoms with E-state index < -0.39 is 0 Å². The predicted octanol–water partition coefficient (Wildman–Crippen LogP) is 3.47. The molecule has 0 fully saturated rings. The minimum absolute atomic E-state index is 0.0434. The van der Waals surface area contributed by atoms with Crippen molar-refractivity contribution in [1.82, 2.24) is 4.90 Å². The Morgan fingerprint density at radius 3 is 2.68 bits per heavy atom. The number of halogens is 2. The van der Waals surface area contributed by atoms with Gasteiger partial charge in [-0.25, -0.2) is 0 Å². The molecule has 3 nitrogen and oxygen atoms in total. The Kier molecular flexibility index (Phi) is 6.49. The third kappa shape index (κ3) is 4.89. The molecule has 0 aliphatic heterocycles. The molecule has 0 unspecified atom stereocenters. The summed E-state index contributed by atoms with van der Waals surface area (Å²) in [7, 11) is 0. The van der Waals surface area contributed by atoms with E-state index in [4.69, 9.17) is 29.6 Å². The number of carbonyl (C=O) groups is 1. The SMILES string of the molecule is CC(C)N(CCC(N)=S)C(=O)c1cc(Cl)ccc1I. The first kappa shape index (κ1) is 16.7. The molecule has 0 aliphatic carbocycles. The Morgan fingerprint density at radius 1 is 1.53 bits per heavy atom. The zero-order valence-electron chi connectivity index (χ0n) is 10.8. The summed E-state index contributed by atoms with van der Waals surface area (Å²) < 4.78 is 0.882. The van der Waals surface area contributed by atoms with Crippen LogP contribution in [0.2, 0.25) is 5.02 Å². The second-order valence-electron chi connectivity index (χ2n) is 4.43. The molecule has 0 bridgehead atoms. The number of nitrogens with zero attached hydrogens (tertiary/aromatic N) is 1. The largest absolute Gasteiger partial charge is 0.393 e. The fourth-order valence-electron chi connectivity index (χ4n) is 1.64. The van der Waals surface area contributed by atoms with Crippen molar-refractivity contribution in [3.8, 4) is 0 Å². The van der Waals surface area contributed by atoms with Gasteiger partial charge in [-0.1, -0.05) is 23.8 Å². The summed E-state index contributed by atoms with van der Waals surface area (Å²) in [5.74, 6) is -0.0434. The average molecular weight is 411 g/mol. The topological polar surface area (TPSA) is 46.3 Å². The summed E-state index contributed by atoms with van der Waals surface area (Å²) in [5, 5.41) is 0.557. The number of carbonyl (C=O) groups excluding carboxylic acids is 1. The van der Waals surface area contributed by atoms with Crippen LogP contribution < -0.4 is 5.73 Å². The standard InChI is InChI=1S/C13H16ClIN2OS/c1-8(2)17(6-5-12(16)19)13(18)10-7-9(14)3-4-11(10)15/h3-4,7-8H,5-6H2,1-2H3,(H2,16,19). The summed E-state index contributed by atoms with van der Waals surface area (Å²) in [5.41, 5.74) is 6.12. The van der Waals surface area contributed by atoms with E-state index in [0.717, 1.165) is 3.57 Å². The van der Waals surface area contributed by atoms with Gasteiger partial charge in [-0.15, -0.1) is 0 Å². The summed E-state index contributed by atoms with van der Waals surface area (Å²) in [6.07, 6.45) is 0.524. The highest BCUT2D eigenvalue weighted by molar-refractivity contribution is 14.1. The monoisotopic (exact) mass is 410 g/mol. The Morgan fingerprint density at radius 2 is 2.16 bits per heavy atom. The first-order valence-electron chi connectivity index (χ1n) is 5.87. The van der Waals surface area contributed by atoms with Crippen LogP contribution in [0.3, 0.4) is 0 Å². The van der Waals surface area contributed by atoms with E-state index in [1.165, 1.54) is 0 Å². The van der Waals surface area contributed by atoms with E-state index in [1.807, 2.05) is 19.9 Å². The molecule has 0 saturated carbocycles. The summed E-state index contributed by atoms with van der Waals surface area (Å²) in [6.45, 7) is 4.46. The lowest BCUT2D eigenvalue weighted by molar-refractivity contribution is 0.0710. The molecule has 6 heteroatoms. The Labute approximate surface area is 137 Å². The van der Waals surface area contributed by atoms with Gasteiger partial charge in [0.15, 0.2) is 0 Å². The van der Waals surface area contributed by atoms with E-state index in [2.05, 4.69) is 22.6 Å². The fourth-order valence-corrected chi connectivity index (χ4v) is 2.47. The average Bonchev–Trinajstić information content (AvgIpc) is 2.31. The smallest absolute Gasteiger partial charge is 0.255 e. The molecule has 1 aromatic carbocycles. The van der Waals surface area contributed by atoms with Gasteiger partial charge in [0.2, 0.25) is 0 Å². The zero-order chi connectivity index (χ0) is 14.6. The molecule has 1 amide bonds. The number of rotatable bonds is 5. The fraction of sp³-hybridized carbons (Fsp3) is 0.385. The normalized spacial score (nSPS) is 10.6. The lowest BCUT2D eigenvalue weighted by atomic mass is 10.1. The van der Waals surface area contributed by atoms with E-state index in [0.29, 0.717) is 28.5 Å². The number of amides is 1. The van der Waals surface area contributed by atoms with Gasteiger partial charge in [-0.3, -0.25) is 4.79 Å². The van der Waals surface area contributed by atoms with Gasteiger partial charge in [-0.05, 0) is 54.6 Å². The first-order chi connectivity index (χ1) is 8.82. The maximum absolute atomic E-state index is 12.6. The molecule has 0 atom stereocenters. The van der Waals surface area contributed by atoms with Crippen molar-refractivity contribution in [2.75, 3.05) is 6.54 Å². The van der Waals surface area contributed by atoms with Crippen LogP contribution in [-0.2, 0) is 0 Å². The van der Waals surface area contributed by atoms with Gasteiger partial charge in [0.05, 0.1) is 10.6 Å². The lowest BCUT2D eigenvalue weighted by Gasteiger charge is -2.27. The number of hydrogen-bond donors (Lipinski definition) is 1. The summed E-state index contributed by atoms with van der Waals surface area (Å²) in [4.78, 5) is 14.7. The van der Waals surface area contributed by atoms with Crippen LogP contribution in [0, 0.1) is 3.57 Å². The van der Waals surface area contributed by atoms with Gasteiger partial charge >= 0.3 is 0 Å². The molecule has 0 spiro atoms. The van der Waals surface area contributed by atoms with Crippen molar-refractivity contribution in [2.45, 2.75) is 26.3 Å². The van der Waals surface area contributed by atoms with Crippen molar-refractivity contribution in [3.05, 3.63) is 32.4 Å². The third-order valence-electron chi connectivity index (χ3n) is 2.64. The molecule has 1 rings (SSSR count). The van der Waals surface area contributed by atoms with Crippen LogP contribution in [0.15, 0.2) is 18.2 Å². The highest BCUT2D eigenvalue weighted by atomic mass is 127. The van der Waals surface area contributed by atoms with Crippen molar-refractivity contribution >= 4 is 57.3 Å². The lowest BCUT2D eigenvalue weighted by Crippen LogP contribution is -2.39. The van der Waals surface area contributed by atoms with Crippen LogP contribution in [0.5, 0.6) is 0 Å². The maximum atomic E-state index is 12.6. The highest BCUT2D eigenvalue weighted by Crippen LogP contribution is 2.20. The predicted molar refractivity (Wildman–Crippen MR) is 91.7 cm³/mol. The number of thiocarbonyl (C=S) groups is 1. The quantitative estimate of drug-likeness (QED) is 0.597. The highest BCUT2D eigenvalue weighted by Gasteiger charge is 2.21. The Balaban J connectivity index is 2.99. The Hall–Kier alpha value is -0.400. The van der Waals surface area contributed by atoms with Gasteiger partial charge in [0, 0.05) is 27.6 Å². The van der Waals surface area contributed by atoms with Crippen LogP contribution in [-0.4, -0.2) is 28.4 Å². The molecule has 0 aromatic heterocycles. The number of benzene rings is 1. The molecule has 0 heterocycles. The van der Waals surface area contributed by atoms with Gasteiger partial charge in [0.25, 0.3) is 5.91 Å². The van der Waals surface area contributed by atoms with Crippen LogP contribution in [0.4, 0.5) is 0 Å². The second-order valence-corrected chi connectivity index (χ2v) is 6.56. The van der Waals surface area contributed by atoms with Crippen LogP contribution in [0.1, 0.15) is 30.6 Å². The number of nitrogens with two attached hydrogens (primary N) is 1. The molecule has 0 aliphatic rings. The molecule has 0 saturated heterocycles. The van der Waals surface area contributed by atoms with E-state index >= 15 is 0 Å².